The van der Waals surface area contributed by atoms with Gasteiger partial charge in [0.1, 0.15) is 0 Å². The Bertz CT molecular complexity index is 4930. The van der Waals surface area contributed by atoms with Gasteiger partial charge in [-0.2, -0.15) is 0 Å². The lowest BCUT2D eigenvalue weighted by Crippen LogP contribution is -2.28. The van der Waals surface area contributed by atoms with Gasteiger partial charge in [-0.15, -0.1) is 11.3 Å². The molecule has 0 radical (unpaired) electrons. The third-order valence-electron chi connectivity index (χ3n) is 17.6. The maximum Gasteiger partial charge on any atom is 0.0714 e. The molecule has 0 saturated heterocycles. The molecule has 3 aromatic heterocycles. The van der Waals surface area contributed by atoms with Crippen LogP contribution in [0.4, 0.5) is 17.1 Å². The fourth-order valence-electron chi connectivity index (χ4n) is 14.0. The second kappa shape index (κ2) is 18.8. The van der Waals surface area contributed by atoms with Gasteiger partial charge in [0.15, 0.2) is 0 Å². The average Bonchev–Trinajstić information content (AvgIpc) is 2.01. The molecule has 0 aliphatic heterocycles. The minimum atomic E-state index is -0.482. The van der Waals surface area contributed by atoms with Crippen LogP contribution >= 0.6 is 11.3 Å². The quantitative estimate of drug-likeness (QED) is 0.140. The minimum Gasteiger partial charge on any atom is -0.309 e. The third-order valence-corrected chi connectivity index (χ3v) is 18.9. The van der Waals surface area contributed by atoms with Crippen molar-refractivity contribution in [1.29, 1.82) is 0 Å². The highest BCUT2D eigenvalue weighted by molar-refractivity contribution is 7.27. The first-order valence-corrected chi connectivity index (χ1v) is 29.4. The predicted molar refractivity (Wildman–Crippen MR) is 351 cm³/mol. The minimum absolute atomic E-state index is 0.482. The molecule has 83 heavy (non-hydrogen) atoms. The molecule has 0 bridgehead atoms. The SMILES string of the molecule is c1ccc(-n2c3ccccc3c3cc(-c4ccc(N(c5ccc(-c6ccc7c(c6)c6ccccc6n7-c6ccccc6)cc5)c5cccc6c5sc5c7c(ccc56)C(c5ccccc5)(c5ccccc5)c5ccccc5-7)cc4)ccc32)cc1. The second-order valence-electron chi connectivity index (χ2n) is 21.9. The van der Waals surface area contributed by atoms with Crippen LogP contribution < -0.4 is 4.90 Å². The molecule has 0 amide bonds. The molecule has 17 rings (SSSR count). The van der Waals surface area contributed by atoms with Crippen molar-refractivity contribution in [3.05, 3.63) is 332 Å². The molecule has 0 N–H and O–H groups in total. The Morgan fingerprint density at radius 2 is 0.723 bits per heavy atom. The molecule has 1 aliphatic rings. The predicted octanol–water partition coefficient (Wildman–Crippen LogP) is 21.4. The molecule has 3 nitrogen and oxygen atoms in total. The van der Waals surface area contributed by atoms with Crippen molar-refractivity contribution in [2.24, 2.45) is 0 Å². The number of anilines is 3. The van der Waals surface area contributed by atoms with Gasteiger partial charge in [0.25, 0.3) is 0 Å². The van der Waals surface area contributed by atoms with Crippen molar-refractivity contribution < 1.29 is 0 Å². The van der Waals surface area contributed by atoms with Crippen molar-refractivity contribution in [2.45, 2.75) is 5.41 Å². The number of nitrogens with zero attached hydrogens (tertiary/aromatic N) is 3. The van der Waals surface area contributed by atoms with Crippen LogP contribution in [0.25, 0.3) is 109 Å². The lowest BCUT2D eigenvalue weighted by atomic mass is 9.68. The maximum atomic E-state index is 2.48. The van der Waals surface area contributed by atoms with Crippen LogP contribution in [0.15, 0.2) is 309 Å². The largest absolute Gasteiger partial charge is 0.309 e. The summed E-state index contributed by atoms with van der Waals surface area (Å²) in [6, 6.07) is 114. The Hall–Kier alpha value is -10.5. The van der Waals surface area contributed by atoms with Crippen LogP contribution in [-0.2, 0) is 5.41 Å². The van der Waals surface area contributed by atoms with E-state index in [2.05, 4.69) is 323 Å². The Kier molecular flexibility index (Phi) is 10.7. The summed E-state index contributed by atoms with van der Waals surface area (Å²) in [5.74, 6) is 0. The van der Waals surface area contributed by atoms with E-state index in [4.69, 9.17) is 0 Å². The molecule has 388 valence electrons. The summed E-state index contributed by atoms with van der Waals surface area (Å²) in [6.45, 7) is 0. The summed E-state index contributed by atoms with van der Waals surface area (Å²) in [6.07, 6.45) is 0. The van der Waals surface area contributed by atoms with E-state index in [1.807, 2.05) is 11.3 Å². The number of rotatable bonds is 9. The molecular weight excluding hydrogens is 1020 g/mol. The van der Waals surface area contributed by atoms with Gasteiger partial charge < -0.3 is 14.0 Å². The lowest BCUT2D eigenvalue weighted by molar-refractivity contribution is 0.769. The summed E-state index contributed by atoms with van der Waals surface area (Å²) in [4.78, 5) is 2.48. The van der Waals surface area contributed by atoms with E-state index in [0.717, 1.165) is 28.4 Å². The van der Waals surface area contributed by atoms with Crippen LogP contribution in [0.2, 0.25) is 0 Å². The topological polar surface area (TPSA) is 13.1 Å². The van der Waals surface area contributed by atoms with Crippen LogP contribution in [0.5, 0.6) is 0 Å². The molecule has 4 heteroatoms. The van der Waals surface area contributed by atoms with Gasteiger partial charge in [-0.05, 0) is 141 Å². The number of thiophene rings is 1. The monoisotopic (exact) mass is 1070 g/mol. The Morgan fingerprint density at radius 1 is 0.289 bits per heavy atom. The maximum absolute atomic E-state index is 2.48. The second-order valence-corrected chi connectivity index (χ2v) is 22.9. The van der Waals surface area contributed by atoms with Crippen molar-refractivity contribution in [2.75, 3.05) is 4.90 Å². The van der Waals surface area contributed by atoms with E-state index in [0.29, 0.717) is 0 Å². The molecule has 0 unspecified atom stereocenters. The number of hydrogen-bond donors (Lipinski definition) is 0. The van der Waals surface area contributed by atoms with Gasteiger partial charge in [0.05, 0.1) is 37.9 Å². The van der Waals surface area contributed by atoms with Gasteiger partial charge in [-0.3, -0.25) is 0 Å². The molecule has 0 saturated carbocycles. The van der Waals surface area contributed by atoms with E-state index in [1.165, 1.54) is 119 Å². The number of benzene rings is 13. The average molecular weight is 1070 g/mol. The zero-order chi connectivity index (χ0) is 54.6. The van der Waals surface area contributed by atoms with Crippen LogP contribution in [0.1, 0.15) is 22.3 Å². The van der Waals surface area contributed by atoms with Crippen molar-refractivity contribution in [3.63, 3.8) is 0 Å². The van der Waals surface area contributed by atoms with Crippen molar-refractivity contribution in [3.8, 4) is 44.8 Å². The molecule has 1 aliphatic carbocycles. The summed E-state index contributed by atoms with van der Waals surface area (Å²) < 4.78 is 7.33. The highest BCUT2D eigenvalue weighted by atomic mass is 32.1. The number of fused-ring (bicyclic) bond motifs is 13. The van der Waals surface area contributed by atoms with E-state index in [9.17, 15) is 0 Å². The first-order valence-electron chi connectivity index (χ1n) is 28.6. The van der Waals surface area contributed by atoms with Crippen LogP contribution in [-0.4, -0.2) is 9.13 Å². The standard InChI is InChI=1S/C79H51N3S/c1-5-20-56(21-6-1)79(57-22-7-2-8-23-57)69-32-16-13-30-66(69)76-70(79)47-46-65-64-31-19-35-75(77(64)83-78(65)76)80(60-42-36-52(37-43-60)54-40-48-73-67(50-54)62-28-14-17-33-71(62)81(73)58-24-9-3-10-25-58)61-44-38-53(39-45-61)55-41-49-74-68(51-55)63-29-15-18-34-72(63)82(74)59-26-11-4-12-27-59/h1-51H. The van der Waals surface area contributed by atoms with E-state index in [-0.39, 0.29) is 0 Å². The summed E-state index contributed by atoms with van der Waals surface area (Å²) in [5.41, 5.74) is 22.5. The lowest BCUT2D eigenvalue weighted by Gasteiger charge is -2.33. The molecule has 16 aromatic rings. The number of hydrogen-bond acceptors (Lipinski definition) is 2. The van der Waals surface area contributed by atoms with E-state index in [1.54, 1.807) is 0 Å². The Morgan fingerprint density at radius 3 is 1.27 bits per heavy atom. The molecule has 3 heterocycles. The van der Waals surface area contributed by atoms with Gasteiger partial charge in [-0.1, -0.05) is 218 Å². The first-order chi connectivity index (χ1) is 41.2. The third kappa shape index (κ3) is 7.16. The Labute approximate surface area is 485 Å². The molecule has 0 atom stereocenters. The summed E-state index contributed by atoms with van der Waals surface area (Å²) in [5, 5.41) is 7.50. The molecule has 13 aromatic carbocycles. The van der Waals surface area contributed by atoms with Crippen LogP contribution in [0, 0.1) is 0 Å². The van der Waals surface area contributed by atoms with Gasteiger partial charge >= 0.3 is 0 Å². The van der Waals surface area contributed by atoms with Crippen LogP contribution in [0.3, 0.4) is 0 Å². The summed E-state index contributed by atoms with van der Waals surface area (Å²) in [7, 11) is 0. The highest BCUT2D eigenvalue weighted by Crippen LogP contribution is 2.60. The van der Waals surface area contributed by atoms with Crippen molar-refractivity contribution >= 4 is 92.2 Å². The van der Waals surface area contributed by atoms with Gasteiger partial charge in [-0.25, -0.2) is 0 Å². The number of aromatic nitrogens is 2. The van der Waals surface area contributed by atoms with Gasteiger partial charge in [0, 0.05) is 65.3 Å². The summed E-state index contributed by atoms with van der Waals surface area (Å²) >= 11 is 1.92. The number of para-hydroxylation sites is 4. The highest BCUT2D eigenvalue weighted by Gasteiger charge is 2.47. The molecule has 0 fully saturated rings. The molecule has 0 spiro atoms. The fraction of sp³-hybridized carbons (Fsp3) is 0.0127. The smallest absolute Gasteiger partial charge is 0.0714 e. The van der Waals surface area contributed by atoms with E-state index >= 15 is 0 Å². The molecular formula is C79H51N3S. The normalized spacial score (nSPS) is 12.7. The zero-order valence-electron chi connectivity index (χ0n) is 45.2. The Balaban J connectivity index is 0.831. The van der Waals surface area contributed by atoms with Gasteiger partial charge in [0.2, 0.25) is 0 Å². The zero-order valence-corrected chi connectivity index (χ0v) is 46.0. The van der Waals surface area contributed by atoms with Crippen molar-refractivity contribution in [1.82, 2.24) is 9.13 Å². The van der Waals surface area contributed by atoms with E-state index < -0.39 is 5.41 Å². The first kappa shape index (κ1) is 47.3. The fourth-order valence-corrected chi connectivity index (χ4v) is 15.4.